The van der Waals surface area contributed by atoms with Crippen LogP contribution in [-0.4, -0.2) is 33.1 Å². The highest BCUT2D eigenvalue weighted by Crippen LogP contribution is 2.22. The van der Waals surface area contributed by atoms with E-state index in [0.29, 0.717) is 23.6 Å². The van der Waals surface area contributed by atoms with Crippen LogP contribution in [0.1, 0.15) is 23.7 Å². The van der Waals surface area contributed by atoms with Crippen LogP contribution in [0.25, 0.3) is 0 Å². The van der Waals surface area contributed by atoms with Crippen molar-refractivity contribution in [1.29, 1.82) is 0 Å². The monoisotopic (exact) mass is 237 g/mol. The molecule has 0 radical (unpaired) electrons. The second-order valence-electron chi connectivity index (χ2n) is 3.70. The molecule has 0 saturated heterocycles. The number of methoxy groups -OCH3 is 2. The predicted molar refractivity (Wildman–Crippen MR) is 67.0 cm³/mol. The van der Waals surface area contributed by atoms with Gasteiger partial charge >= 0.3 is 0 Å². The second-order valence-corrected chi connectivity index (χ2v) is 3.70. The van der Waals surface area contributed by atoms with Crippen LogP contribution in [0.5, 0.6) is 11.5 Å². The Labute approximate surface area is 102 Å². The lowest BCUT2D eigenvalue weighted by molar-refractivity contribution is 0.0990. The van der Waals surface area contributed by atoms with Gasteiger partial charge in [-0.2, -0.15) is 0 Å². The van der Waals surface area contributed by atoms with Crippen LogP contribution in [0.15, 0.2) is 18.2 Å². The first-order valence-electron chi connectivity index (χ1n) is 5.68. The molecule has 17 heavy (non-hydrogen) atoms. The molecule has 0 aliphatic rings. The highest BCUT2D eigenvalue weighted by molar-refractivity contribution is 5.98. The topological polar surface area (TPSA) is 47.6 Å². The van der Waals surface area contributed by atoms with Crippen molar-refractivity contribution in [2.24, 2.45) is 0 Å². The van der Waals surface area contributed by atoms with Crippen molar-refractivity contribution in [2.45, 2.75) is 13.3 Å². The molecule has 4 heteroatoms. The maximum atomic E-state index is 11.9. The van der Waals surface area contributed by atoms with E-state index in [4.69, 9.17) is 9.47 Å². The van der Waals surface area contributed by atoms with E-state index in [0.717, 1.165) is 13.0 Å². The summed E-state index contributed by atoms with van der Waals surface area (Å²) in [6.45, 7) is 3.24. The number of nitrogens with one attached hydrogen (secondary N) is 1. The molecule has 0 spiro atoms. The molecule has 1 N–H and O–H groups in total. The van der Waals surface area contributed by atoms with E-state index in [2.05, 4.69) is 12.2 Å². The molecule has 0 atom stereocenters. The number of carbonyl (C=O) groups is 1. The van der Waals surface area contributed by atoms with Crippen LogP contribution in [0.4, 0.5) is 0 Å². The molecule has 0 saturated carbocycles. The highest BCUT2D eigenvalue weighted by atomic mass is 16.5. The van der Waals surface area contributed by atoms with Crippen LogP contribution in [-0.2, 0) is 0 Å². The number of hydrogen-bond donors (Lipinski definition) is 1. The Morgan fingerprint density at radius 3 is 2.24 bits per heavy atom. The van der Waals surface area contributed by atoms with E-state index in [-0.39, 0.29) is 5.78 Å². The third-order valence-corrected chi connectivity index (χ3v) is 2.39. The average Bonchev–Trinajstić information content (AvgIpc) is 2.38. The van der Waals surface area contributed by atoms with Crippen LogP contribution in [0, 0.1) is 0 Å². The van der Waals surface area contributed by atoms with Crippen molar-refractivity contribution >= 4 is 5.78 Å². The first kappa shape index (κ1) is 13.5. The molecule has 0 bridgehead atoms. The third kappa shape index (κ3) is 4.07. The van der Waals surface area contributed by atoms with E-state index in [1.165, 1.54) is 0 Å². The summed E-state index contributed by atoms with van der Waals surface area (Å²) in [7, 11) is 3.14. The van der Waals surface area contributed by atoms with Gasteiger partial charge in [0.25, 0.3) is 0 Å². The Hall–Kier alpha value is -1.55. The minimum Gasteiger partial charge on any atom is -0.497 e. The second kappa shape index (κ2) is 6.91. The number of Topliss-reactive ketones (excluding diaryl/α,β-unsaturated/α-hetero) is 1. The molecule has 0 aromatic heterocycles. The zero-order valence-corrected chi connectivity index (χ0v) is 10.6. The van der Waals surface area contributed by atoms with Crippen LogP contribution in [0.3, 0.4) is 0 Å². The van der Waals surface area contributed by atoms with E-state index < -0.39 is 0 Å². The highest BCUT2D eigenvalue weighted by Gasteiger charge is 2.09. The minimum absolute atomic E-state index is 0.0376. The maximum Gasteiger partial charge on any atom is 0.176 e. The molecule has 1 rings (SSSR count). The molecule has 1 aromatic rings. The van der Waals surface area contributed by atoms with Gasteiger partial charge in [-0.1, -0.05) is 6.92 Å². The number of hydrogen-bond acceptors (Lipinski definition) is 4. The predicted octanol–water partition coefficient (Wildman–Crippen LogP) is 1.89. The van der Waals surface area contributed by atoms with Gasteiger partial charge in [0.05, 0.1) is 20.8 Å². The summed E-state index contributed by atoms with van der Waals surface area (Å²) in [5.41, 5.74) is 0.602. The van der Waals surface area contributed by atoms with Crippen molar-refractivity contribution in [3.8, 4) is 11.5 Å². The molecule has 0 amide bonds. The maximum absolute atomic E-state index is 11.9. The van der Waals surface area contributed by atoms with Crippen molar-refractivity contribution in [1.82, 2.24) is 5.32 Å². The summed E-state index contributed by atoms with van der Waals surface area (Å²) < 4.78 is 10.2. The standard InChI is InChI=1S/C13H19NO3/c1-4-5-14-9-13(15)10-6-11(16-2)8-12(7-10)17-3/h6-8,14H,4-5,9H2,1-3H3. The quantitative estimate of drug-likeness (QED) is 0.581. The Morgan fingerprint density at radius 1 is 1.18 bits per heavy atom. The molecule has 1 aromatic carbocycles. The Bertz CT molecular complexity index is 355. The molecule has 94 valence electrons. The SMILES string of the molecule is CCCNCC(=O)c1cc(OC)cc(OC)c1. The van der Waals surface area contributed by atoms with E-state index in [1.54, 1.807) is 32.4 Å². The van der Waals surface area contributed by atoms with Crippen LogP contribution >= 0.6 is 0 Å². The normalized spacial score (nSPS) is 10.1. The number of rotatable bonds is 7. The summed E-state index contributed by atoms with van der Waals surface area (Å²) >= 11 is 0. The van der Waals surface area contributed by atoms with Crippen molar-refractivity contribution < 1.29 is 14.3 Å². The molecule has 0 fully saturated rings. The Morgan fingerprint density at radius 2 is 1.76 bits per heavy atom. The van der Waals surface area contributed by atoms with Crippen LogP contribution in [0.2, 0.25) is 0 Å². The minimum atomic E-state index is 0.0376. The lowest BCUT2D eigenvalue weighted by Crippen LogP contribution is -2.23. The van der Waals surface area contributed by atoms with Gasteiger partial charge in [-0.05, 0) is 25.1 Å². The van der Waals surface area contributed by atoms with Crippen molar-refractivity contribution in [3.63, 3.8) is 0 Å². The van der Waals surface area contributed by atoms with E-state index in [9.17, 15) is 4.79 Å². The van der Waals surface area contributed by atoms with Crippen molar-refractivity contribution in [3.05, 3.63) is 23.8 Å². The molecule has 0 aliphatic carbocycles. The van der Waals surface area contributed by atoms with E-state index in [1.807, 2.05) is 0 Å². The van der Waals surface area contributed by atoms with Gasteiger partial charge in [-0.3, -0.25) is 4.79 Å². The molecule has 0 unspecified atom stereocenters. The molecule has 0 heterocycles. The summed E-state index contributed by atoms with van der Waals surface area (Å²) in [5.74, 6) is 1.29. The molecule has 4 nitrogen and oxygen atoms in total. The zero-order chi connectivity index (χ0) is 12.7. The lowest BCUT2D eigenvalue weighted by atomic mass is 10.1. The van der Waals surface area contributed by atoms with Crippen molar-refractivity contribution in [2.75, 3.05) is 27.3 Å². The molecular formula is C13H19NO3. The smallest absolute Gasteiger partial charge is 0.176 e. The van der Waals surface area contributed by atoms with Gasteiger partial charge in [0.1, 0.15) is 11.5 Å². The Balaban J connectivity index is 2.77. The third-order valence-electron chi connectivity index (χ3n) is 2.39. The summed E-state index contributed by atoms with van der Waals surface area (Å²) in [6, 6.07) is 5.19. The summed E-state index contributed by atoms with van der Waals surface area (Å²) in [5, 5.41) is 3.08. The average molecular weight is 237 g/mol. The van der Waals surface area contributed by atoms with Gasteiger partial charge in [0.2, 0.25) is 0 Å². The fourth-order valence-electron chi connectivity index (χ4n) is 1.45. The number of ketones is 1. The van der Waals surface area contributed by atoms with Crippen LogP contribution < -0.4 is 14.8 Å². The lowest BCUT2D eigenvalue weighted by Gasteiger charge is -2.08. The van der Waals surface area contributed by atoms with E-state index >= 15 is 0 Å². The van der Waals surface area contributed by atoms with Gasteiger partial charge in [0.15, 0.2) is 5.78 Å². The van der Waals surface area contributed by atoms with Gasteiger partial charge in [0, 0.05) is 11.6 Å². The number of benzene rings is 1. The first-order valence-corrected chi connectivity index (χ1v) is 5.68. The zero-order valence-electron chi connectivity index (χ0n) is 10.6. The van der Waals surface area contributed by atoms with Gasteiger partial charge in [-0.15, -0.1) is 0 Å². The number of ether oxygens (including phenoxy) is 2. The summed E-state index contributed by atoms with van der Waals surface area (Å²) in [6.07, 6.45) is 1.01. The summed E-state index contributed by atoms with van der Waals surface area (Å²) in [4.78, 5) is 11.9. The molecular weight excluding hydrogens is 218 g/mol. The largest absolute Gasteiger partial charge is 0.497 e. The fraction of sp³-hybridized carbons (Fsp3) is 0.462. The molecule has 0 aliphatic heterocycles. The Kier molecular flexibility index (Phi) is 5.49. The fourth-order valence-corrected chi connectivity index (χ4v) is 1.45. The number of carbonyl (C=O) groups excluding carboxylic acids is 1. The van der Waals surface area contributed by atoms with Gasteiger partial charge in [-0.25, -0.2) is 0 Å². The first-order chi connectivity index (χ1) is 8.21. The van der Waals surface area contributed by atoms with Gasteiger partial charge < -0.3 is 14.8 Å².